The fourth-order valence-electron chi connectivity index (χ4n) is 1.13. The van der Waals surface area contributed by atoms with Gasteiger partial charge in [-0.15, -0.1) is 0 Å². The van der Waals surface area contributed by atoms with Crippen LogP contribution in [0.4, 0.5) is 0 Å². The van der Waals surface area contributed by atoms with Crippen molar-refractivity contribution in [3.05, 3.63) is 29.8 Å². The molecule has 0 fully saturated rings. The molecule has 0 radical (unpaired) electrons. The second-order valence-corrected chi connectivity index (χ2v) is 6.44. The van der Waals surface area contributed by atoms with Crippen molar-refractivity contribution >= 4 is 21.6 Å². The van der Waals surface area contributed by atoms with E-state index in [4.69, 9.17) is 0 Å². The first-order valence-electron chi connectivity index (χ1n) is 5.32. The molecule has 90 valence electrons. The number of hydrogen-bond acceptors (Lipinski definition) is 4. The van der Waals surface area contributed by atoms with Gasteiger partial charge in [0, 0.05) is 17.2 Å². The monoisotopic (exact) mass is 257 g/mol. The lowest BCUT2D eigenvalue weighted by Crippen LogP contribution is -2.14. The summed E-state index contributed by atoms with van der Waals surface area (Å²) in [6.07, 6.45) is -0.375. The van der Waals surface area contributed by atoms with Crippen LogP contribution >= 0.6 is 21.6 Å². The Labute approximate surface area is 106 Å². The van der Waals surface area contributed by atoms with E-state index in [1.165, 1.54) is 4.90 Å². The molecule has 4 heteroatoms. The van der Waals surface area contributed by atoms with Gasteiger partial charge in [0.1, 0.15) is 0 Å². The molecule has 1 aromatic rings. The molecule has 1 unspecified atom stereocenters. The first-order chi connectivity index (χ1) is 7.59. The number of aliphatic hydroxyl groups excluding tert-OH is 1. The van der Waals surface area contributed by atoms with Gasteiger partial charge in [0.2, 0.25) is 0 Å². The van der Waals surface area contributed by atoms with Crippen LogP contribution in [-0.2, 0) is 0 Å². The van der Waals surface area contributed by atoms with Crippen molar-refractivity contribution in [1.82, 2.24) is 4.90 Å². The highest BCUT2D eigenvalue weighted by molar-refractivity contribution is 8.76. The van der Waals surface area contributed by atoms with Crippen LogP contribution in [-0.4, -0.2) is 36.4 Å². The summed E-state index contributed by atoms with van der Waals surface area (Å²) in [7, 11) is 7.82. The lowest BCUT2D eigenvalue weighted by molar-refractivity contribution is 0.199. The molecule has 1 atom stereocenters. The van der Waals surface area contributed by atoms with Crippen LogP contribution in [0.5, 0.6) is 0 Å². The van der Waals surface area contributed by atoms with E-state index in [1.54, 1.807) is 17.7 Å². The summed E-state index contributed by atoms with van der Waals surface area (Å²) in [5, 5.41) is 9.37. The third kappa shape index (κ3) is 5.25. The van der Waals surface area contributed by atoms with Crippen LogP contribution in [0.3, 0.4) is 0 Å². The van der Waals surface area contributed by atoms with E-state index in [2.05, 4.69) is 31.1 Å². The summed E-state index contributed by atoms with van der Waals surface area (Å²) in [5.41, 5.74) is 0.975. The standard InChI is InChI=1S/C12H19NOS2/c1-10(14)11-4-6-12(7-5-11)16-15-9-8-13(2)3/h4-7,10,14H,8-9H2,1-3H3. The molecule has 16 heavy (non-hydrogen) atoms. The zero-order valence-corrected chi connectivity index (χ0v) is 11.6. The maximum absolute atomic E-state index is 9.37. The zero-order valence-electron chi connectivity index (χ0n) is 10.0. The molecule has 0 amide bonds. The minimum absolute atomic E-state index is 0.375. The van der Waals surface area contributed by atoms with Crippen molar-refractivity contribution in [3.63, 3.8) is 0 Å². The van der Waals surface area contributed by atoms with E-state index < -0.39 is 0 Å². The third-order valence-corrected chi connectivity index (χ3v) is 4.50. The summed E-state index contributed by atoms with van der Waals surface area (Å²) >= 11 is 0. The van der Waals surface area contributed by atoms with Gasteiger partial charge >= 0.3 is 0 Å². The number of aliphatic hydroxyl groups is 1. The van der Waals surface area contributed by atoms with E-state index in [9.17, 15) is 5.11 Å². The number of hydrogen-bond donors (Lipinski definition) is 1. The first kappa shape index (κ1) is 13.9. The summed E-state index contributed by atoms with van der Waals surface area (Å²) in [4.78, 5) is 3.43. The average Bonchev–Trinajstić information content (AvgIpc) is 2.25. The third-order valence-electron chi connectivity index (χ3n) is 2.14. The van der Waals surface area contributed by atoms with Crippen LogP contribution < -0.4 is 0 Å². The Morgan fingerprint density at radius 2 is 1.88 bits per heavy atom. The van der Waals surface area contributed by atoms with Crippen LogP contribution in [0, 0.1) is 0 Å². The predicted octanol–water partition coefficient (Wildman–Crippen LogP) is 3.04. The summed E-state index contributed by atoms with van der Waals surface area (Å²) in [5.74, 6) is 1.12. The van der Waals surface area contributed by atoms with E-state index in [-0.39, 0.29) is 6.10 Å². The fraction of sp³-hybridized carbons (Fsp3) is 0.500. The molecule has 0 spiro atoms. The summed E-state index contributed by atoms with van der Waals surface area (Å²) in [6.45, 7) is 2.89. The second-order valence-electron chi connectivity index (χ2n) is 3.95. The highest BCUT2D eigenvalue weighted by Crippen LogP contribution is 2.31. The van der Waals surface area contributed by atoms with Crippen molar-refractivity contribution in [3.8, 4) is 0 Å². The summed E-state index contributed by atoms with van der Waals surface area (Å²) in [6, 6.07) is 8.10. The van der Waals surface area contributed by atoms with E-state index in [1.807, 2.05) is 22.9 Å². The Morgan fingerprint density at radius 1 is 1.25 bits per heavy atom. The van der Waals surface area contributed by atoms with Gasteiger partial charge in [-0.25, -0.2) is 0 Å². The van der Waals surface area contributed by atoms with Crippen LogP contribution in [0.25, 0.3) is 0 Å². The molecule has 0 heterocycles. The van der Waals surface area contributed by atoms with Gasteiger partial charge in [-0.3, -0.25) is 0 Å². The quantitative estimate of drug-likeness (QED) is 0.625. The van der Waals surface area contributed by atoms with E-state index in [0.717, 1.165) is 17.9 Å². The molecule has 1 N–H and O–H groups in total. The Morgan fingerprint density at radius 3 is 2.38 bits per heavy atom. The number of nitrogens with zero attached hydrogens (tertiary/aromatic N) is 1. The molecule has 1 aromatic carbocycles. The largest absolute Gasteiger partial charge is 0.389 e. The van der Waals surface area contributed by atoms with Gasteiger partial charge < -0.3 is 10.0 Å². The maximum atomic E-state index is 9.37. The van der Waals surface area contributed by atoms with Gasteiger partial charge in [0.15, 0.2) is 0 Å². The van der Waals surface area contributed by atoms with Crippen molar-refractivity contribution in [2.45, 2.75) is 17.9 Å². The molecule has 0 aliphatic carbocycles. The summed E-state index contributed by atoms with van der Waals surface area (Å²) < 4.78 is 0. The van der Waals surface area contributed by atoms with Crippen LogP contribution in [0.2, 0.25) is 0 Å². The Kier molecular flexibility index (Phi) is 6.28. The molecule has 0 aliphatic heterocycles. The van der Waals surface area contributed by atoms with Gasteiger partial charge in [-0.1, -0.05) is 33.7 Å². The Hall–Kier alpha value is -0.160. The highest BCUT2D eigenvalue weighted by atomic mass is 33.1. The lowest BCUT2D eigenvalue weighted by atomic mass is 10.1. The molecule has 0 aromatic heterocycles. The smallest absolute Gasteiger partial charge is 0.0761 e. The molecular weight excluding hydrogens is 238 g/mol. The Balaban J connectivity index is 2.32. The lowest BCUT2D eigenvalue weighted by Gasteiger charge is -2.08. The van der Waals surface area contributed by atoms with Gasteiger partial charge in [-0.05, 0) is 38.7 Å². The minimum Gasteiger partial charge on any atom is -0.389 e. The normalized spacial score (nSPS) is 13.1. The SMILES string of the molecule is CC(O)c1ccc(SSCCN(C)C)cc1. The molecule has 2 nitrogen and oxygen atoms in total. The van der Waals surface area contributed by atoms with Crippen molar-refractivity contribution in [2.75, 3.05) is 26.4 Å². The number of benzene rings is 1. The molecule has 0 bridgehead atoms. The molecule has 1 rings (SSSR count). The van der Waals surface area contributed by atoms with Gasteiger partial charge in [0.05, 0.1) is 6.10 Å². The van der Waals surface area contributed by atoms with Crippen LogP contribution in [0.15, 0.2) is 29.2 Å². The predicted molar refractivity (Wildman–Crippen MR) is 73.9 cm³/mol. The second kappa shape index (κ2) is 7.22. The molecular formula is C12H19NOS2. The average molecular weight is 257 g/mol. The molecule has 0 aliphatic rings. The van der Waals surface area contributed by atoms with Crippen molar-refractivity contribution < 1.29 is 5.11 Å². The van der Waals surface area contributed by atoms with Gasteiger partial charge in [0.25, 0.3) is 0 Å². The van der Waals surface area contributed by atoms with Crippen LogP contribution in [0.1, 0.15) is 18.6 Å². The van der Waals surface area contributed by atoms with E-state index >= 15 is 0 Å². The maximum Gasteiger partial charge on any atom is 0.0761 e. The Bertz CT molecular complexity index is 298. The van der Waals surface area contributed by atoms with E-state index in [0.29, 0.717) is 0 Å². The van der Waals surface area contributed by atoms with Gasteiger partial charge in [-0.2, -0.15) is 0 Å². The fourth-order valence-corrected chi connectivity index (χ4v) is 3.25. The zero-order chi connectivity index (χ0) is 12.0. The highest BCUT2D eigenvalue weighted by Gasteiger charge is 2.00. The first-order valence-corrected chi connectivity index (χ1v) is 7.63. The minimum atomic E-state index is -0.375. The topological polar surface area (TPSA) is 23.5 Å². The van der Waals surface area contributed by atoms with Crippen molar-refractivity contribution in [1.29, 1.82) is 0 Å². The van der Waals surface area contributed by atoms with Crippen molar-refractivity contribution in [2.24, 2.45) is 0 Å². The molecule has 0 saturated heterocycles. The number of rotatable bonds is 6. The molecule has 0 saturated carbocycles.